The number of aromatic carboxylic acids is 1. The average Bonchev–Trinajstić information content (AvgIpc) is 2.67. The van der Waals surface area contributed by atoms with Crippen molar-refractivity contribution in [2.75, 3.05) is 11.9 Å². The molecule has 0 bridgehead atoms. The molecule has 0 spiro atoms. The minimum Gasteiger partial charge on any atom is -0.482 e. The molecular formula is C19H17N3O4. The summed E-state index contributed by atoms with van der Waals surface area (Å²) in [6.45, 7) is 0.554. The van der Waals surface area contributed by atoms with Gasteiger partial charge in [0.2, 0.25) is 0 Å². The standard InChI is InChI=1S/C10H7NO2.C9H10N2O2/c12-10(13)8-3-4-9-7(6-8)2-1-5-11-9;10-4-6-1-2-8-7(3-6)11-9(12)5-13-8/h1-6H,(H,12,13);1-3H,4-5,10H2,(H,11,12). The lowest BCUT2D eigenvalue weighted by atomic mass is 10.1. The Hall–Kier alpha value is -3.45. The summed E-state index contributed by atoms with van der Waals surface area (Å²) < 4.78 is 5.18. The highest BCUT2D eigenvalue weighted by Gasteiger charge is 2.15. The molecule has 0 atom stereocenters. The molecule has 7 heteroatoms. The van der Waals surface area contributed by atoms with Crippen molar-refractivity contribution in [2.24, 2.45) is 5.73 Å². The van der Waals surface area contributed by atoms with E-state index in [-0.39, 0.29) is 12.5 Å². The molecule has 0 radical (unpaired) electrons. The number of rotatable bonds is 2. The summed E-state index contributed by atoms with van der Waals surface area (Å²) >= 11 is 0. The number of pyridine rings is 1. The first-order chi connectivity index (χ1) is 12.6. The molecule has 0 unspecified atom stereocenters. The fourth-order valence-corrected chi connectivity index (χ4v) is 2.47. The summed E-state index contributed by atoms with van der Waals surface area (Å²) in [7, 11) is 0. The van der Waals surface area contributed by atoms with E-state index in [0.717, 1.165) is 16.5 Å². The van der Waals surface area contributed by atoms with E-state index >= 15 is 0 Å². The number of ether oxygens (including phenoxy) is 1. The molecule has 1 aliphatic heterocycles. The summed E-state index contributed by atoms with van der Waals surface area (Å²) in [6.07, 6.45) is 1.68. The molecule has 4 rings (SSSR count). The number of amides is 1. The number of hydrogen-bond donors (Lipinski definition) is 3. The molecule has 132 valence electrons. The van der Waals surface area contributed by atoms with Crippen LogP contribution in [0, 0.1) is 0 Å². The Morgan fingerprint density at radius 1 is 1.23 bits per heavy atom. The predicted octanol–water partition coefficient (Wildman–Crippen LogP) is 2.41. The minimum absolute atomic E-state index is 0.0922. The maximum absolute atomic E-state index is 11.0. The highest BCUT2D eigenvalue weighted by atomic mass is 16.5. The molecule has 2 heterocycles. The van der Waals surface area contributed by atoms with Gasteiger partial charge >= 0.3 is 5.97 Å². The maximum Gasteiger partial charge on any atom is 0.335 e. The Kier molecular flexibility index (Phi) is 5.09. The van der Waals surface area contributed by atoms with E-state index in [1.54, 1.807) is 30.5 Å². The van der Waals surface area contributed by atoms with Gasteiger partial charge < -0.3 is 20.9 Å². The third-order valence-corrected chi connectivity index (χ3v) is 3.76. The molecule has 1 amide bonds. The number of nitrogens with zero attached hydrogens (tertiary/aromatic N) is 1. The van der Waals surface area contributed by atoms with Gasteiger partial charge in [0.25, 0.3) is 5.91 Å². The zero-order valence-electron chi connectivity index (χ0n) is 13.8. The van der Waals surface area contributed by atoms with Crippen molar-refractivity contribution < 1.29 is 19.4 Å². The van der Waals surface area contributed by atoms with E-state index in [9.17, 15) is 9.59 Å². The number of anilines is 1. The van der Waals surface area contributed by atoms with Crippen LogP contribution in [0.5, 0.6) is 5.75 Å². The molecule has 26 heavy (non-hydrogen) atoms. The zero-order chi connectivity index (χ0) is 18.5. The Morgan fingerprint density at radius 2 is 2.08 bits per heavy atom. The van der Waals surface area contributed by atoms with Crippen LogP contribution in [-0.2, 0) is 11.3 Å². The van der Waals surface area contributed by atoms with Gasteiger partial charge in [0.05, 0.1) is 16.8 Å². The zero-order valence-corrected chi connectivity index (χ0v) is 13.8. The summed E-state index contributed by atoms with van der Waals surface area (Å²) in [5.41, 5.74) is 8.25. The number of fused-ring (bicyclic) bond motifs is 2. The number of benzene rings is 2. The summed E-state index contributed by atoms with van der Waals surface area (Å²) in [5, 5.41) is 12.3. The van der Waals surface area contributed by atoms with Gasteiger partial charge in [0.1, 0.15) is 5.75 Å². The number of nitrogens with two attached hydrogens (primary N) is 1. The highest BCUT2D eigenvalue weighted by Crippen LogP contribution is 2.28. The maximum atomic E-state index is 11.0. The van der Waals surface area contributed by atoms with E-state index in [1.165, 1.54) is 0 Å². The summed E-state index contributed by atoms with van der Waals surface area (Å²) in [5.74, 6) is -0.329. The van der Waals surface area contributed by atoms with E-state index in [0.29, 0.717) is 23.5 Å². The third kappa shape index (κ3) is 3.96. The quantitative estimate of drug-likeness (QED) is 0.653. The minimum atomic E-state index is -0.911. The number of carboxylic acid groups (broad SMARTS) is 1. The summed E-state index contributed by atoms with van der Waals surface area (Å²) in [4.78, 5) is 25.7. The number of hydrogen-bond acceptors (Lipinski definition) is 5. The Morgan fingerprint density at radius 3 is 2.85 bits per heavy atom. The molecule has 4 N–H and O–H groups in total. The molecule has 2 aromatic carbocycles. The number of aromatic nitrogens is 1. The smallest absolute Gasteiger partial charge is 0.335 e. The third-order valence-electron chi connectivity index (χ3n) is 3.76. The lowest BCUT2D eigenvalue weighted by Gasteiger charge is -2.18. The summed E-state index contributed by atoms with van der Waals surface area (Å²) in [6, 6.07) is 14.0. The number of nitrogens with one attached hydrogen (secondary N) is 1. The fraction of sp³-hybridized carbons (Fsp3) is 0.105. The van der Waals surface area contributed by atoms with Crippen molar-refractivity contribution in [1.29, 1.82) is 0 Å². The Balaban J connectivity index is 0.000000151. The van der Waals surface area contributed by atoms with Crippen LogP contribution in [0.4, 0.5) is 5.69 Å². The van der Waals surface area contributed by atoms with Gasteiger partial charge in [-0.25, -0.2) is 4.79 Å². The second-order valence-electron chi connectivity index (χ2n) is 5.59. The topological polar surface area (TPSA) is 115 Å². The molecular weight excluding hydrogens is 334 g/mol. The number of carbonyl (C=O) groups excluding carboxylic acids is 1. The molecule has 1 aliphatic rings. The van der Waals surface area contributed by atoms with Crippen molar-refractivity contribution in [3.63, 3.8) is 0 Å². The first-order valence-electron chi connectivity index (χ1n) is 7.90. The van der Waals surface area contributed by atoms with E-state index in [2.05, 4.69) is 10.3 Å². The van der Waals surface area contributed by atoms with Gasteiger partial charge in [-0.3, -0.25) is 9.78 Å². The van der Waals surface area contributed by atoms with Gasteiger partial charge in [-0.15, -0.1) is 0 Å². The van der Waals surface area contributed by atoms with Crippen molar-refractivity contribution in [1.82, 2.24) is 4.98 Å². The SMILES string of the molecule is NCc1ccc2c(c1)NC(=O)CO2.O=C(O)c1ccc2ncccc2c1. The van der Waals surface area contributed by atoms with Gasteiger partial charge in [-0.1, -0.05) is 12.1 Å². The highest BCUT2D eigenvalue weighted by molar-refractivity contribution is 5.95. The van der Waals surface area contributed by atoms with Crippen molar-refractivity contribution in [3.05, 3.63) is 65.9 Å². The molecule has 3 aromatic rings. The van der Waals surface area contributed by atoms with Crippen LogP contribution in [0.1, 0.15) is 15.9 Å². The van der Waals surface area contributed by atoms with Crippen LogP contribution >= 0.6 is 0 Å². The Bertz CT molecular complexity index is 972. The first-order valence-corrected chi connectivity index (χ1v) is 7.90. The van der Waals surface area contributed by atoms with Crippen LogP contribution in [0.2, 0.25) is 0 Å². The molecule has 0 fully saturated rings. The predicted molar refractivity (Wildman–Crippen MR) is 97.2 cm³/mol. The van der Waals surface area contributed by atoms with Crippen LogP contribution < -0.4 is 15.8 Å². The second kappa shape index (κ2) is 7.62. The second-order valence-corrected chi connectivity index (χ2v) is 5.59. The number of carboxylic acids is 1. The lowest BCUT2D eigenvalue weighted by Crippen LogP contribution is -2.25. The molecule has 0 aliphatic carbocycles. The van der Waals surface area contributed by atoms with Crippen LogP contribution in [0.25, 0.3) is 10.9 Å². The van der Waals surface area contributed by atoms with Gasteiger partial charge in [0.15, 0.2) is 6.61 Å². The normalized spacial score (nSPS) is 12.3. The van der Waals surface area contributed by atoms with E-state index in [1.807, 2.05) is 24.3 Å². The van der Waals surface area contributed by atoms with Crippen molar-refractivity contribution >= 4 is 28.5 Å². The van der Waals surface area contributed by atoms with Gasteiger partial charge in [-0.05, 0) is 42.0 Å². The van der Waals surface area contributed by atoms with Gasteiger partial charge in [0, 0.05) is 18.1 Å². The van der Waals surface area contributed by atoms with E-state index < -0.39 is 5.97 Å². The van der Waals surface area contributed by atoms with Crippen molar-refractivity contribution in [3.8, 4) is 5.75 Å². The van der Waals surface area contributed by atoms with Crippen LogP contribution in [-0.4, -0.2) is 28.6 Å². The average molecular weight is 351 g/mol. The fourth-order valence-electron chi connectivity index (χ4n) is 2.47. The van der Waals surface area contributed by atoms with Gasteiger partial charge in [-0.2, -0.15) is 0 Å². The lowest BCUT2D eigenvalue weighted by molar-refractivity contribution is -0.118. The Labute approximate surface area is 149 Å². The monoisotopic (exact) mass is 351 g/mol. The largest absolute Gasteiger partial charge is 0.482 e. The van der Waals surface area contributed by atoms with Crippen LogP contribution in [0.3, 0.4) is 0 Å². The van der Waals surface area contributed by atoms with Crippen molar-refractivity contribution in [2.45, 2.75) is 6.54 Å². The van der Waals surface area contributed by atoms with Crippen LogP contribution in [0.15, 0.2) is 54.7 Å². The molecule has 0 saturated heterocycles. The molecule has 7 nitrogen and oxygen atoms in total. The number of carbonyl (C=O) groups is 2. The molecule has 1 aromatic heterocycles. The van der Waals surface area contributed by atoms with E-state index in [4.69, 9.17) is 15.6 Å². The molecule has 0 saturated carbocycles. The first kappa shape index (κ1) is 17.4.